The zero-order chi connectivity index (χ0) is 21.0. The van der Waals surface area contributed by atoms with Gasteiger partial charge in [0.2, 0.25) is 5.91 Å². The van der Waals surface area contributed by atoms with E-state index in [9.17, 15) is 18.4 Å². The van der Waals surface area contributed by atoms with Gasteiger partial charge in [-0.15, -0.1) is 11.8 Å². The summed E-state index contributed by atoms with van der Waals surface area (Å²) in [6, 6.07) is 7.92. The third kappa shape index (κ3) is 5.46. The highest BCUT2D eigenvalue weighted by Gasteiger charge is 2.35. The molecule has 154 valence electrons. The molecule has 0 atom stereocenters. The minimum atomic E-state index is -1.04. The van der Waals surface area contributed by atoms with Crippen LogP contribution < -0.4 is 10.6 Å². The number of benzene rings is 2. The first-order valence-electron chi connectivity index (χ1n) is 8.98. The Balaban J connectivity index is 1.60. The van der Waals surface area contributed by atoms with Crippen LogP contribution in [0.4, 0.5) is 14.5 Å². The molecular formula is C20H19ClF2N2O3S. The Kier molecular flexibility index (Phi) is 7.10. The van der Waals surface area contributed by atoms with Gasteiger partial charge in [0.1, 0.15) is 0 Å². The minimum Gasteiger partial charge on any atom is -0.395 e. The molecule has 0 unspecified atom stereocenters. The number of anilines is 1. The summed E-state index contributed by atoms with van der Waals surface area (Å²) >= 11 is 7.73. The van der Waals surface area contributed by atoms with Crippen molar-refractivity contribution in [3.05, 3.63) is 58.6 Å². The first-order valence-corrected chi connectivity index (χ1v) is 10.2. The molecule has 1 saturated carbocycles. The van der Waals surface area contributed by atoms with E-state index in [0.717, 1.165) is 12.1 Å². The lowest BCUT2D eigenvalue weighted by Gasteiger charge is -2.33. The van der Waals surface area contributed by atoms with Gasteiger partial charge in [-0.25, -0.2) is 8.78 Å². The Hall–Kier alpha value is -2.16. The highest BCUT2D eigenvalue weighted by Crippen LogP contribution is 2.43. The quantitative estimate of drug-likeness (QED) is 0.611. The van der Waals surface area contributed by atoms with Gasteiger partial charge in [0.25, 0.3) is 5.91 Å². The second-order valence-corrected chi connectivity index (χ2v) is 8.40. The summed E-state index contributed by atoms with van der Waals surface area (Å²) in [6.45, 7) is 0.153. The van der Waals surface area contributed by atoms with Crippen LogP contribution in [0.15, 0.2) is 41.3 Å². The van der Waals surface area contributed by atoms with E-state index in [0.29, 0.717) is 28.3 Å². The van der Waals surface area contributed by atoms with Crippen LogP contribution in [0.3, 0.4) is 0 Å². The van der Waals surface area contributed by atoms with E-state index in [4.69, 9.17) is 16.7 Å². The van der Waals surface area contributed by atoms with Crippen molar-refractivity contribution in [1.82, 2.24) is 5.32 Å². The van der Waals surface area contributed by atoms with Gasteiger partial charge < -0.3 is 15.7 Å². The smallest absolute Gasteiger partial charge is 0.255 e. The molecule has 9 heteroatoms. The third-order valence-electron chi connectivity index (χ3n) is 4.54. The molecule has 0 aliphatic heterocycles. The Morgan fingerprint density at radius 2 is 1.90 bits per heavy atom. The Labute approximate surface area is 175 Å². The number of aliphatic hydroxyl groups is 1. The van der Waals surface area contributed by atoms with Crippen LogP contribution in [-0.2, 0) is 4.79 Å². The molecule has 1 aliphatic rings. The van der Waals surface area contributed by atoms with Gasteiger partial charge in [0.05, 0.1) is 11.6 Å². The summed E-state index contributed by atoms with van der Waals surface area (Å²) in [5, 5.41) is 14.6. The second-order valence-electron chi connectivity index (χ2n) is 6.65. The fourth-order valence-electron chi connectivity index (χ4n) is 2.89. The van der Waals surface area contributed by atoms with Gasteiger partial charge in [-0.1, -0.05) is 11.6 Å². The number of carbonyl (C=O) groups is 2. The van der Waals surface area contributed by atoms with Crippen molar-refractivity contribution in [3.8, 4) is 0 Å². The lowest BCUT2D eigenvalue weighted by atomic mass is 9.84. The molecule has 0 saturated heterocycles. The molecule has 3 N–H and O–H groups in total. The number of carbonyl (C=O) groups excluding carboxylic acids is 2. The lowest BCUT2D eigenvalue weighted by Crippen LogP contribution is -2.40. The van der Waals surface area contributed by atoms with E-state index >= 15 is 0 Å². The number of rotatable bonds is 7. The number of nitrogens with one attached hydrogen (secondary N) is 2. The van der Waals surface area contributed by atoms with Crippen LogP contribution >= 0.6 is 23.4 Å². The highest BCUT2D eigenvalue weighted by molar-refractivity contribution is 8.00. The predicted molar refractivity (Wildman–Crippen MR) is 108 cm³/mol. The molecule has 0 bridgehead atoms. The average Bonchev–Trinajstić information content (AvgIpc) is 2.66. The molecule has 2 amide bonds. The number of hydrogen-bond donors (Lipinski definition) is 3. The normalized spacial score (nSPS) is 18.1. The van der Waals surface area contributed by atoms with E-state index in [1.165, 1.54) is 17.8 Å². The van der Waals surface area contributed by atoms with Crippen molar-refractivity contribution in [3.63, 3.8) is 0 Å². The molecule has 1 fully saturated rings. The van der Waals surface area contributed by atoms with Crippen LogP contribution in [-0.4, -0.2) is 35.3 Å². The molecule has 0 heterocycles. The maximum atomic E-state index is 13.3. The summed E-state index contributed by atoms with van der Waals surface area (Å²) in [5.74, 6) is -2.65. The molecule has 3 rings (SSSR count). The fourth-order valence-corrected chi connectivity index (χ4v) is 4.53. The van der Waals surface area contributed by atoms with E-state index in [1.807, 2.05) is 0 Å². The summed E-state index contributed by atoms with van der Waals surface area (Å²) in [7, 11) is 0. The average molecular weight is 441 g/mol. The largest absolute Gasteiger partial charge is 0.395 e. The van der Waals surface area contributed by atoms with Gasteiger partial charge in [-0.2, -0.15) is 0 Å². The van der Waals surface area contributed by atoms with Gasteiger partial charge >= 0.3 is 0 Å². The zero-order valence-electron chi connectivity index (χ0n) is 15.3. The van der Waals surface area contributed by atoms with Crippen molar-refractivity contribution in [2.45, 2.75) is 23.0 Å². The van der Waals surface area contributed by atoms with Crippen molar-refractivity contribution in [1.29, 1.82) is 0 Å². The standard InChI is InChI=1S/C20H19ClF2N2O3S/c21-15-3-1-11(20(28)25-13-2-4-16(22)17(23)10-13)9-18(15)29-14-7-12(8-14)19(27)24-5-6-26/h1-4,9-10,12,14,26H,5-8H2,(H,24,27)(H,25,28). The first-order chi connectivity index (χ1) is 13.9. The molecule has 2 aromatic rings. The van der Waals surface area contributed by atoms with Gasteiger partial charge in [0.15, 0.2) is 11.6 Å². The Morgan fingerprint density at radius 3 is 2.59 bits per heavy atom. The van der Waals surface area contributed by atoms with E-state index in [-0.39, 0.29) is 35.9 Å². The summed E-state index contributed by atoms with van der Waals surface area (Å²) < 4.78 is 26.3. The van der Waals surface area contributed by atoms with Crippen LogP contribution in [0.2, 0.25) is 5.02 Å². The summed E-state index contributed by atoms with van der Waals surface area (Å²) in [5.41, 5.74) is 0.479. The van der Waals surface area contributed by atoms with Crippen LogP contribution in [0.1, 0.15) is 23.2 Å². The monoisotopic (exact) mass is 440 g/mol. The Bertz CT molecular complexity index is 923. The molecule has 29 heavy (non-hydrogen) atoms. The number of thioether (sulfide) groups is 1. The summed E-state index contributed by atoms with van der Waals surface area (Å²) in [6.07, 6.45) is 1.37. The van der Waals surface area contributed by atoms with E-state index < -0.39 is 17.5 Å². The predicted octanol–water partition coefficient (Wildman–Crippen LogP) is 3.85. The van der Waals surface area contributed by atoms with Crippen LogP contribution in [0.25, 0.3) is 0 Å². The Morgan fingerprint density at radius 1 is 1.14 bits per heavy atom. The van der Waals surface area contributed by atoms with Crippen LogP contribution in [0.5, 0.6) is 0 Å². The van der Waals surface area contributed by atoms with Crippen molar-refractivity contribution < 1.29 is 23.5 Å². The molecule has 0 aromatic heterocycles. The topological polar surface area (TPSA) is 78.4 Å². The highest BCUT2D eigenvalue weighted by atomic mass is 35.5. The zero-order valence-corrected chi connectivity index (χ0v) is 16.8. The molecule has 0 spiro atoms. The number of hydrogen-bond acceptors (Lipinski definition) is 4. The van der Waals surface area contributed by atoms with Crippen molar-refractivity contribution in [2.24, 2.45) is 5.92 Å². The molecular weight excluding hydrogens is 422 g/mol. The SMILES string of the molecule is O=C(Nc1ccc(F)c(F)c1)c1ccc(Cl)c(SC2CC(C(=O)NCCO)C2)c1. The maximum absolute atomic E-state index is 13.3. The fraction of sp³-hybridized carbons (Fsp3) is 0.300. The van der Waals surface area contributed by atoms with Crippen molar-refractivity contribution in [2.75, 3.05) is 18.5 Å². The molecule has 0 radical (unpaired) electrons. The molecule has 1 aliphatic carbocycles. The molecule has 5 nitrogen and oxygen atoms in total. The maximum Gasteiger partial charge on any atom is 0.255 e. The lowest BCUT2D eigenvalue weighted by molar-refractivity contribution is -0.127. The number of halogens is 3. The van der Waals surface area contributed by atoms with Gasteiger partial charge in [-0.3, -0.25) is 9.59 Å². The van der Waals surface area contributed by atoms with Gasteiger partial charge in [0, 0.05) is 39.9 Å². The third-order valence-corrected chi connectivity index (χ3v) is 6.29. The number of aliphatic hydroxyl groups excluding tert-OH is 1. The van der Waals surface area contributed by atoms with E-state index in [1.54, 1.807) is 18.2 Å². The van der Waals surface area contributed by atoms with Crippen molar-refractivity contribution >= 4 is 40.9 Å². The summed E-state index contributed by atoms with van der Waals surface area (Å²) in [4.78, 5) is 25.0. The second kappa shape index (κ2) is 9.56. The first kappa shape index (κ1) is 21.5. The minimum absolute atomic E-state index is 0.0679. The van der Waals surface area contributed by atoms with Crippen LogP contribution in [0, 0.1) is 17.6 Å². The van der Waals surface area contributed by atoms with E-state index in [2.05, 4.69) is 10.6 Å². The number of amides is 2. The molecule has 2 aromatic carbocycles. The van der Waals surface area contributed by atoms with Gasteiger partial charge in [-0.05, 0) is 43.2 Å².